The molecule has 142 valence electrons. The van der Waals surface area contributed by atoms with Crippen molar-refractivity contribution in [1.82, 2.24) is 4.90 Å². The predicted octanol–water partition coefficient (Wildman–Crippen LogP) is 4.79. The highest BCUT2D eigenvalue weighted by Gasteiger charge is 2.26. The van der Waals surface area contributed by atoms with Crippen LogP contribution < -0.4 is 4.74 Å². The number of ether oxygens (including phenoxy) is 1. The van der Waals surface area contributed by atoms with Crippen molar-refractivity contribution in [3.8, 4) is 5.75 Å². The van der Waals surface area contributed by atoms with E-state index in [4.69, 9.17) is 37.8 Å². The zero-order chi connectivity index (χ0) is 19.2. The van der Waals surface area contributed by atoms with E-state index >= 15 is 0 Å². The van der Waals surface area contributed by atoms with Crippen LogP contribution in [0.5, 0.6) is 5.75 Å². The molecule has 1 N–H and O–H groups in total. The van der Waals surface area contributed by atoms with E-state index in [1.54, 1.807) is 5.57 Å². The number of rotatable bonds is 4. The van der Waals surface area contributed by atoms with Crippen LogP contribution >= 0.6 is 23.2 Å². The van der Waals surface area contributed by atoms with Crippen molar-refractivity contribution in [3.05, 3.63) is 69.2 Å². The molecule has 2 aliphatic rings. The molecule has 1 heterocycles. The Bertz CT molecular complexity index is 851. The Kier molecular flexibility index (Phi) is 6.78. The molecule has 0 amide bonds. The third-order valence-corrected chi connectivity index (χ3v) is 5.26. The van der Waals surface area contributed by atoms with Crippen LogP contribution in [0.4, 0.5) is 0 Å². The third kappa shape index (κ3) is 5.04. The minimum Gasteiger partial charge on any atom is -0.492 e. The zero-order valence-corrected chi connectivity index (χ0v) is 16.3. The summed E-state index contributed by atoms with van der Waals surface area (Å²) in [7, 11) is 0. The first-order valence-corrected chi connectivity index (χ1v) is 9.54. The fourth-order valence-corrected chi connectivity index (χ4v) is 3.99. The molecule has 1 aliphatic heterocycles. The zero-order valence-electron chi connectivity index (χ0n) is 14.8. The van der Waals surface area contributed by atoms with Gasteiger partial charge in [0.05, 0.1) is 0 Å². The molecule has 0 spiro atoms. The fourth-order valence-electron chi connectivity index (χ4n) is 3.63. The van der Waals surface area contributed by atoms with Crippen molar-refractivity contribution in [3.63, 3.8) is 0 Å². The van der Waals surface area contributed by atoms with Gasteiger partial charge in [0.15, 0.2) is 0 Å². The lowest BCUT2D eigenvalue weighted by atomic mass is 9.99. The van der Waals surface area contributed by atoms with E-state index < -0.39 is 0 Å². The van der Waals surface area contributed by atoms with Crippen molar-refractivity contribution < 1.29 is 14.6 Å². The lowest BCUT2D eigenvalue weighted by Gasteiger charge is -2.28. The molecule has 0 radical (unpaired) electrons. The Balaban J connectivity index is 0.000000659. The van der Waals surface area contributed by atoms with Gasteiger partial charge in [-0.15, -0.1) is 0 Å². The molecular formula is C21H21Cl2NO3. The SMILES string of the molecule is Clc1cccc(OCCN2CCC3=C(Cc4ccc(Cl)cc43)C2)c1.O=CO. The lowest BCUT2D eigenvalue weighted by Crippen LogP contribution is -2.34. The highest BCUT2D eigenvalue weighted by Crippen LogP contribution is 2.39. The van der Waals surface area contributed by atoms with Gasteiger partial charge in [-0.1, -0.05) is 35.3 Å². The topological polar surface area (TPSA) is 49.8 Å². The molecule has 0 fully saturated rings. The number of halogens is 2. The van der Waals surface area contributed by atoms with Crippen LogP contribution in [0.15, 0.2) is 48.0 Å². The van der Waals surface area contributed by atoms with Crippen molar-refractivity contribution in [1.29, 1.82) is 0 Å². The summed E-state index contributed by atoms with van der Waals surface area (Å²) in [4.78, 5) is 10.8. The number of carboxylic acid groups (broad SMARTS) is 1. The number of hydrogen-bond donors (Lipinski definition) is 1. The van der Waals surface area contributed by atoms with Gasteiger partial charge in [0.2, 0.25) is 0 Å². The molecule has 2 aromatic rings. The number of nitrogens with zero attached hydrogens (tertiary/aromatic N) is 1. The van der Waals surface area contributed by atoms with Crippen LogP contribution in [0, 0.1) is 0 Å². The predicted molar refractivity (Wildman–Crippen MR) is 109 cm³/mol. The summed E-state index contributed by atoms with van der Waals surface area (Å²) < 4.78 is 5.82. The minimum absolute atomic E-state index is 0.250. The summed E-state index contributed by atoms with van der Waals surface area (Å²) in [6, 6.07) is 13.9. The van der Waals surface area contributed by atoms with Gasteiger partial charge in [-0.25, -0.2) is 0 Å². The normalized spacial score (nSPS) is 15.5. The molecule has 4 nitrogen and oxygen atoms in total. The van der Waals surface area contributed by atoms with E-state index in [1.807, 2.05) is 30.3 Å². The second kappa shape index (κ2) is 9.27. The van der Waals surface area contributed by atoms with E-state index in [0.717, 1.165) is 43.2 Å². The smallest absolute Gasteiger partial charge is 0.290 e. The maximum absolute atomic E-state index is 8.36. The molecule has 0 aromatic heterocycles. The van der Waals surface area contributed by atoms with Gasteiger partial charge in [-0.05, 0) is 65.4 Å². The molecular weight excluding hydrogens is 385 g/mol. The summed E-state index contributed by atoms with van der Waals surface area (Å²) >= 11 is 12.1. The van der Waals surface area contributed by atoms with Crippen LogP contribution in [-0.2, 0) is 11.2 Å². The largest absolute Gasteiger partial charge is 0.492 e. The van der Waals surface area contributed by atoms with Gasteiger partial charge in [-0.2, -0.15) is 0 Å². The molecule has 0 bridgehead atoms. The Morgan fingerprint density at radius 2 is 1.93 bits per heavy atom. The summed E-state index contributed by atoms with van der Waals surface area (Å²) in [5, 5.41) is 8.43. The van der Waals surface area contributed by atoms with E-state index in [1.165, 1.54) is 16.7 Å². The maximum atomic E-state index is 8.36. The van der Waals surface area contributed by atoms with Gasteiger partial charge < -0.3 is 9.84 Å². The van der Waals surface area contributed by atoms with Gasteiger partial charge in [0.1, 0.15) is 12.4 Å². The summed E-state index contributed by atoms with van der Waals surface area (Å²) in [6.45, 7) is 3.46. The molecule has 27 heavy (non-hydrogen) atoms. The van der Waals surface area contributed by atoms with Gasteiger partial charge in [0.25, 0.3) is 6.47 Å². The van der Waals surface area contributed by atoms with Crippen molar-refractivity contribution in [2.24, 2.45) is 0 Å². The number of hydrogen-bond acceptors (Lipinski definition) is 3. The van der Waals surface area contributed by atoms with Crippen LogP contribution in [0.2, 0.25) is 10.0 Å². The number of carbonyl (C=O) groups is 1. The fraction of sp³-hybridized carbons (Fsp3) is 0.286. The second-order valence-corrected chi connectivity index (χ2v) is 7.37. The first kappa shape index (κ1) is 19.7. The maximum Gasteiger partial charge on any atom is 0.290 e. The molecule has 6 heteroatoms. The van der Waals surface area contributed by atoms with Gasteiger partial charge in [0, 0.05) is 29.7 Å². The monoisotopic (exact) mass is 405 g/mol. The average Bonchev–Trinajstić information content (AvgIpc) is 2.99. The van der Waals surface area contributed by atoms with Gasteiger partial charge >= 0.3 is 0 Å². The van der Waals surface area contributed by atoms with Crippen LogP contribution in [-0.4, -0.2) is 42.7 Å². The number of fused-ring (bicyclic) bond motifs is 2. The van der Waals surface area contributed by atoms with Crippen molar-refractivity contribution in [2.45, 2.75) is 12.8 Å². The molecule has 0 unspecified atom stereocenters. The first-order chi connectivity index (χ1) is 13.1. The lowest BCUT2D eigenvalue weighted by molar-refractivity contribution is -0.122. The van der Waals surface area contributed by atoms with Gasteiger partial charge in [-0.3, -0.25) is 9.69 Å². The minimum atomic E-state index is -0.250. The quantitative estimate of drug-likeness (QED) is 0.742. The van der Waals surface area contributed by atoms with E-state index in [-0.39, 0.29) is 6.47 Å². The van der Waals surface area contributed by atoms with E-state index in [9.17, 15) is 0 Å². The molecule has 4 rings (SSSR count). The molecule has 0 saturated carbocycles. The summed E-state index contributed by atoms with van der Waals surface area (Å²) in [5.74, 6) is 0.835. The van der Waals surface area contributed by atoms with Crippen molar-refractivity contribution >= 4 is 35.2 Å². The summed E-state index contributed by atoms with van der Waals surface area (Å²) in [5.41, 5.74) is 5.84. The van der Waals surface area contributed by atoms with Crippen LogP contribution in [0.25, 0.3) is 5.57 Å². The van der Waals surface area contributed by atoms with Crippen LogP contribution in [0.3, 0.4) is 0 Å². The second-order valence-electron chi connectivity index (χ2n) is 6.50. The van der Waals surface area contributed by atoms with Crippen LogP contribution in [0.1, 0.15) is 17.5 Å². The van der Waals surface area contributed by atoms with Crippen molar-refractivity contribution in [2.75, 3.05) is 26.2 Å². The Labute approximate surface area is 169 Å². The highest BCUT2D eigenvalue weighted by molar-refractivity contribution is 6.31. The third-order valence-electron chi connectivity index (χ3n) is 4.79. The van der Waals surface area contributed by atoms with E-state index in [2.05, 4.69) is 17.0 Å². The highest BCUT2D eigenvalue weighted by atomic mass is 35.5. The summed E-state index contributed by atoms with van der Waals surface area (Å²) in [6.07, 6.45) is 2.16. The Morgan fingerprint density at radius 3 is 2.70 bits per heavy atom. The number of benzene rings is 2. The Hall–Kier alpha value is -2.01. The molecule has 1 aliphatic carbocycles. The Morgan fingerprint density at radius 1 is 1.15 bits per heavy atom. The molecule has 2 aromatic carbocycles. The standard InChI is InChI=1S/C20H19Cl2NO.CH2O2/c21-16-2-1-3-18(11-16)24-9-8-23-7-6-19-15(13-23)10-14-4-5-17(22)12-20(14)19;2-1-3/h1-5,11-12H,6-10,13H2;1H,(H,2,3). The van der Waals surface area contributed by atoms with E-state index in [0.29, 0.717) is 11.6 Å². The molecule has 0 saturated heterocycles. The average molecular weight is 406 g/mol. The molecule has 0 atom stereocenters. The first-order valence-electron chi connectivity index (χ1n) is 8.79.